The second-order valence-electron chi connectivity index (χ2n) is 5.03. The molecule has 0 aliphatic rings. The second-order valence-corrected chi connectivity index (χ2v) is 6.75. The molecule has 0 amide bonds. The summed E-state index contributed by atoms with van der Waals surface area (Å²) in [6, 6.07) is 4.49. The summed E-state index contributed by atoms with van der Waals surface area (Å²) in [5.41, 5.74) is 0. The normalized spacial score (nSPS) is 13.0. The van der Waals surface area contributed by atoms with Gasteiger partial charge in [0.05, 0.1) is 19.1 Å². The van der Waals surface area contributed by atoms with Crippen molar-refractivity contribution in [1.29, 1.82) is 0 Å². The van der Waals surface area contributed by atoms with Gasteiger partial charge < -0.3 is 9.47 Å². The molecule has 120 valence electrons. The Bertz CT molecular complexity index is 543. The maximum atomic E-state index is 12.3. The van der Waals surface area contributed by atoms with E-state index in [0.717, 1.165) is 25.7 Å². The fraction of sp³-hybridized carbons (Fsp3) is 0.600. The zero-order valence-electron chi connectivity index (χ0n) is 13.2. The molecule has 0 aliphatic carbocycles. The summed E-state index contributed by atoms with van der Waals surface area (Å²) >= 11 is 0. The Labute approximate surface area is 127 Å². The number of hydrogen-bond donors (Lipinski definition) is 1. The first-order valence-electron chi connectivity index (χ1n) is 7.19. The Morgan fingerprint density at radius 1 is 1.14 bits per heavy atom. The van der Waals surface area contributed by atoms with Gasteiger partial charge in [0.1, 0.15) is 0 Å². The number of methoxy groups -OCH3 is 2. The highest BCUT2D eigenvalue weighted by Gasteiger charge is 2.19. The standard InChI is InChI=1S/C15H25NO4S/c1-5-6-7-8-12(2)16-21(17,18)13-9-10-14(19-3)15(11-13)20-4/h9-12,16H,5-8H2,1-4H3. The summed E-state index contributed by atoms with van der Waals surface area (Å²) in [4.78, 5) is 0.183. The van der Waals surface area contributed by atoms with Crippen LogP contribution < -0.4 is 14.2 Å². The topological polar surface area (TPSA) is 64.6 Å². The minimum absolute atomic E-state index is 0.0883. The lowest BCUT2D eigenvalue weighted by atomic mass is 10.1. The molecular weight excluding hydrogens is 290 g/mol. The first-order valence-corrected chi connectivity index (χ1v) is 8.67. The molecule has 1 rings (SSSR count). The van der Waals surface area contributed by atoms with E-state index in [1.807, 2.05) is 6.92 Å². The molecular formula is C15H25NO4S. The summed E-state index contributed by atoms with van der Waals surface area (Å²) in [5, 5.41) is 0. The van der Waals surface area contributed by atoms with E-state index in [0.29, 0.717) is 11.5 Å². The maximum Gasteiger partial charge on any atom is 0.240 e. The van der Waals surface area contributed by atoms with Crippen molar-refractivity contribution >= 4 is 10.0 Å². The molecule has 1 atom stereocenters. The first-order chi connectivity index (χ1) is 9.94. The van der Waals surface area contributed by atoms with Crippen LogP contribution >= 0.6 is 0 Å². The van der Waals surface area contributed by atoms with Crippen molar-refractivity contribution in [1.82, 2.24) is 4.72 Å². The van der Waals surface area contributed by atoms with E-state index in [1.165, 1.54) is 26.4 Å². The minimum Gasteiger partial charge on any atom is -0.493 e. The van der Waals surface area contributed by atoms with Crippen LogP contribution in [0.5, 0.6) is 11.5 Å². The van der Waals surface area contributed by atoms with Gasteiger partial charge in [-0.3, -0.25) is 0 Å². The Hall–Kier alpha value is -1.27. The number of rotatable bonds is 9. The molecule has 0 bridgehead atoms. The van der Waals surface area contributed by atoms with Gasteiger partial charge in [-0.25, -0.2) is 13.1 Å². The van der Waals surface area contributed by atoms with Crippen LogP contribution in [-0.2, 0) is 10.0 Å². The van der Waals surface area contributed by atoms with Gasteiger partial charge in [0, 0.05) is 12.1 Å². The van der Waals surface area contributed by atoms with E-state index >= 15 is 0 Å². The average Bonchev–Trinajstić information content (AvgIpc) is 2.46. The molecule has 0 fully saturated rings. The first kappa shape index (κ1) is 17.8. The maximum absolute atomic E-state index is 12.3. The molecule has 0 radical (unpaired) electrons. The van der Waals surface area contributed by atoms with Gasteiger partial charge in [-0.05, 0) is 25.5 Å². The molecule has 0 spiro atoms. The molecule has 0 heterocycles. The summed E-state index contributed by atoms with van der Waals surface area (Å²) < 4.78 is 37.6. The monoisotopic (exact) mass is 315 g/mol. The molecule has 5 nitrogen and oxygen atoms in total. The van der Waals surface area contributed by atoms with Gasteiger partial charge in [0.25, 0.3) is 0 Å². The molecule has 1 aromatic carbocycles. The number of ether oxygens (including phenoxy) is 2. The smallest absolute Gasteiger partial charge is 0.240 e. The van der Waals surface area contributed by atoms with Crippen LogP contribution in [0.2, 0.25) is 0 Å². The lowest BCUT2D eigenvalue weighted by molar-refractivity contribution is 0.354. The van der Waals surface area contributed by atoms with Gasteiger partial charge in [0.15, 0.2) is 11.5 Å². The summed E-state index contributed by atoms with van der Waals surface area (Å²) in [6.07, 6.45) is 4.09. The molecule has 1 N–H and O–H groups in total. The van der Waals surface area contributed by atoms with Crippen LogP contribution in [0.25, 0.3) is 0 Å². The van der Waals surface area contributed by atoms with E-state index in [1.54, 1.807) is 6.07 Å². The van der Waals surface area contributed by atoms with Gasteiger partial charge in [-0.15, -0.1) is 0 Å². The SMILES string of the molecule is CCCCCC(C)NS(=O)(=O)c1ccc(OC)c(OC)c1. The van der Waals surface area contributed by atoms with E-state index in [4.69, 9.17) is 9.47 Å². The van der Waals surface area contributed by atoms with Crippen molar-refractivity contribution in [2.24, 2.45) is 0 Å². The van der Waals surface area contributed by atoms with Crippen LogP contribution in [0.4, 0.5) is 0 Å². The molecule has 1 aromatic rings. The van der Waals surface area contributed by atoms with Gasteiger partial charge >= 0.3 is 0 Å². The zero-order valence-corrected chi connectivity index (χ0v) is 14.0. The van der Waals surface area contributed by atoms with Gasteiger partial charge in [0.2, 0.25) is 10.0 Å². The predicted octanol–water partition coefficient (Wildman–Crippen LogP) is 2.95. The average molecular weight is 315 g/mol. The van der Waals surface area contributed by atoms with Gasteiger partial charge in [-0.2, -0.15) is 0 Å². The highest BCUT2D eigenvalue weighted by Crippen LogP contribution is 2.29. The van der Waals surface area contributed by atoms with E-state index in [2.05, 4.69) is 11.6 Å². The van der Waals surface area contributed by atoms with Crippen LogP contribution in [-0.4, -0.2) is 28.7 Å². The van der Waals surface area contributed by atoms with Crippen LogP contribution in [0.3, 0.4) is 0 Å². The molecule has 21 heavy (non-hydrogen) atoms. The lowest BCUT2D eigenvalue weighted by Crippen LogP contribution is -2.32. The van der Waals surface area contributed by atoms with Crippen LogP contribution in [0, 0.1) is 0 Å². The van der Waals surface area contributed by atoms with Crippen molar-refractivity contribution < 1.29 is 17.9 Å². The van der Waals surface area contributed by atoms with Crippen molar-refractivity contribution in [3.05, 3.63) is 18.2 Å². The van der Waals surface area contributed by atoms with Crippen molar-refractivity contribution in [3.63, 3.8) is 0 Å². The van der Waals surface area contributed by atoms with Gasteiger partial charge in [-0.1, -0.05) is 26.2 Å². The van der Waals surface area contributed by atoms with E-state index in [9.17, 15) is 8.42 Å². The van der Waals surface area contributed by atoms with E-state index < -0.39 is 10.0 Å². The number of benzene rings is 1. The second kappa shape index (κ2) is 8.24. The molecule has 0 aliphatic heterocycles. The molecule has 6 heteroatoms. The molecule has 1 unspecified atom stereocenters. The fourth-order valence-corrected chi connectivity index (χ4v) is 3.37. The number of sulfonamides is 1. The third-order valence-electron chi connectivity index (χ3n) is 3.26. The lowest BCUT2D eigenvalue weighted by Gasteiger charge is -2.15. The zero-order chi connectivity index (χ0) is 15.9. The molecule has 0 saturated heterocycles. The van der Waals surface area contributed by atoms with Crippen molar-refractivity contribution in [3.8, 4) is 11.5 Å². The molecule has 0 aromatic heterocycles. The Balaban J connectivity index is 2.82. The summed E-state index contributed by atoms with van der Waals surface area (Å²) in [5.74, 6) is 0.909. The quantitative estimate of drug-likeness (QED) is 0.712. The van der Waals surface area contributed by atoms with Crippen molar-refractivity contribution in [2.75, 3.05) is 14.2 Å². The highest BCUT2D eigenvalue weighted by molar-refractivity contribution is 7.89. The largest absolute Gasteiger partial charge is 0.493 e. The number of hydrogen-bond acceptors (Lipinski definition) is 4. The Kier molecular flexibility index (Phi) is 6.98. The van der Waals surface area contributed by atoms with E-state index in [-0.39, 0.29) is 10.9 Å². The minimum atomic E-state index is -3.54. The third kappa shape index (κ3) is 5.21. The van der Waals surface area contributed by atoms with Crippen molar-refractivity contribution in [2.45, 2.75) is 50.5 Å². The predicted molar refractivity (Wildman–Crippen MR) is 83.5 cm³/mol. The highest BCUT2D eigenvalue weighted by atomic mass is 32.2. The summed E-state index contributed by atoms with van der Waals surface area (Å²) in [7, 11) is -0.545. The third-order valence-corrected chi connectivity index (χ3v) is 4.85. The van der Waals surface area contributed by atoms with Crippen LogP contribution in [0.15, 0.2) is 23.1 Å². The Morgan fingerprint density at radius 2 is 1.81 bits per heavy atom. The van der Waals surface area contributed by atoms with Crippen LogP contribution in [0.1, 0.15) is 39.5 Å². The summed E-state index contributed by atoms with van der Waals surface area (Å²) in [6.45, 7) is 4.01. The number of unbranched alkanes of at least 4 members (excludes halogenated alkanes) is 2. The number of nitrogens with one attached hydrogen (secondary N) is 1. The fourth-order valence-electron chi connectivity index (χ4n) is 2.08. The molecule has 0 saturated carbocycles. The Morgan fingerprint density at radius 3 is 2.38 bits per heavy atom.